The number of benzene rings is 1. The summed E-state index contributed by atoms with van der Waals surface area (Å²) in [4.78, 5) is 0. The molecule has 18 heavy (non-hydrogen) atoms. The van der Waals surface area contributed by atoms with Crippen molar-refractivity contribution >= 4 is 0 Å². The summed E-state index contributed by atoms with van der Waals surface area (Å²) in [5.41, 5.74) is 1.42. The summed E-state index contributed by atoms with van der Waals surface area (Å²) in [6.45, 7) is 11.0. The highest BCUT2D eigenvalue weighted by Crippen LogP contribution is 2.31. The third-order valence-electron chi connectivity index (χ3n) is 2.54. The van der Waals surface area contributed by atoms with Gasteiger partial charge in [-0.2, -0.15) is 0 Å². The van der Waals surface area contributed by atoms with Gasteiger partial charge in [0, 0.05) is 18.7 Å². The Kier molecular flexibility index (Phi) is 5.48. The van der Waals surface area contributed by atoms with Crippen LogP contribution in [0, 0.1) is 5.41 Å². The Balaban J connectivity index is 2.75. The zero-order valence-electron chi connectivity index (χ0n) is 12.2. The van der Waals surface area contributed by atoms with Crippen molar-refractivity contribution in [1.82, 2.24) is 5.32 Å². The molecule has 0 aliphatic carbocycles. The van der Waals surface area contributed by atoms with Crippen molar-refractivity contribution in [2.24, 2.45) is 5.41 Å². The molecule has 0 aromatic heterocycles. The van der Waals surface area contributed by atoms with Crippen molar-refractivity contribution in [3.05, 3.63) is 23.8 Å². The number of hydrogen-bond donors (Lipinski definition) is 1. The van der Waals surface area contributed by atoms with Crippen LogP contribution in [0.2, 0.25) is 0 Å². The first-order valence-corrected chi connectivity index (χ1v) is 6.47. The third kappa shape index (κ3) is 4.57. The highest BCUT2D eigenvalue weighted by Gasteiger charge is 2.12. The summed E-state index contributed by atoms with van der Waals surface area (Å²) in [6, 6.07) is 6.00. The van der Waals surface area contributed by atoms with Gasteiger partial charge in [0.1, 0.15) is 0 Å². The van der Waals surface area contributed by atoms with E-state index in [-0.39, 0.29) is 5.41 Å². The van der Waals surface area contributed by atoms with E-state index in [4.69, 9.17) is 9.47 Å². The quantitative estimate of drug-likeness (QED) is 0.842. The smallest absolute Gasteiger partial charge is 0.165 e. The molecule has 3 heteroatoms. The van der Waals surface area contributed by atoms with Gasteiger partial charge in [-0.3, -0.25) is 0 Å². The normalized spacial score (nSPS) is 11.4. The molecule has 1 N–H and O–H groups in total. The molecule has 1 aromatic rings. The average Bonchev–Trinajstić information content (AvgIpc) is 2.29. The maximum absolute atomic E-state index is 5.68. The predicted molar refractivity (Wildman–Crippen MR) is 75.3 cm³/mol. The van der Waals surface area contributed by atoms with E-state index in [1.165, 1.54) is 0 Å². The molecular weight excluding hydrogens is 226 g/mol. The molecule has 1 rings (SSSR count). The highest BCUT2D eigenvalue weighted by molar-refractivity contribution is 5.46. The van der Waals surface area contributed by atoms with E-state index in [0.29, 0.717) is 6.61 Å². The van der Waals surface area contributed by atoms with Crippen LogP contribution in [0.4, 0.5) is 0 Å². The third-order valence-corrected chi connectivity index (χ3v) is 2.54. The average molecular weight is 251 g/mol. The number of nitrogens with one attached hydrogen (secondary N) is 1. The summed E-state index contributed by atoms with van der Waals surface area (Å²) < 4.78 is 11.0. The van der Waals surface area contributed by atoms with E-state index in [0.717, 1.165) is 30.2 Å². The largest absolute Gasteiger partial charge is 0.493 e. The van der Waals surface area contributed by atoms with E-state index in [1.807, 2.05) is 19.1 Å². The minimum Gasteiger partial charge on any atom is -0.493 e. The Morgan fingerprint density at radius 3 is 2.50 bits per heavy atom. The molecule has 0 heterocycles. The second-order valence-electron chi connectivity index (χ2n) is 5.55. The van der Waals surface area contributed by atoms with Gasteiger partial charge in [0.25, 0.3) is 0 Å². The number of hydrogen-bond acceptors (Lipinski definition) is 3. The van der Waals surface area contributed by atoms with Gasteiger partial charge in [-0.15, -0.1) is 0 Å². The van der Waals surface area contributed by atoms with Crippen LogP contribution < -0.4 is 14.8 Å². The Bertz CT molecular complexity index is 369. The molecule has 3 nitrogen and oxygen atoms in total. The molecule has 0 atom stereocenters. The van der Waals surface area contributed by atoms with E-state index in [1.54, 1.807) is 7.11 Å². The van der Waals surface area contributed by atoms with Crippen LogP contribution in [0.1, 0.15) is 33.3 Å². The van der Waals surface area contributed by atoms with Crippen LogP contribution in [0.15, 0.2) is 18.2 Å². The molecule has 0 saturated carbocycles. The fraction of sp³-hybridized carbons (Fsp3) is 0.600. The van der Waals surface area contributed by atoms with Crippen LogP contribution in [0.5, 0.6) is 11.5 Å². The van der Waals surface area contributed by atoms with E-state index in [9.17, 15) is 0 Å². The molecule has 0 aliphatic heterocycles. The summed E-state index contributed by atoms with van der Waals surface area (Å²) in [6.07, 6.45) is 0. The van der Waals surface area contributed by atoms with Crippen LogP contribution in [0.3, 0.4) is 0 Å². The lowest BCUT2D eigenvalue weighted by atomic mass is 9.97. The molecule has 0 saturated heterocycles. The molecule has 1 aromatic carbocycles. The molecule has 0 bridgehead atoms. The lowest BCUT2D eigenvalue weighted by Crippen LogP contribution is -2.26. The molecule has 102 valence electrons. The van der Waals surface area contributed by atoms with E-state index >= 15 is 0 Å². The van der Waals surface area contributed by atoms with Crippen molar-refractivity contribution in [1.29, 1.82) is 0 Å². The van der Waals surface area contributed by atoms with Crippen LogP contribution in [-0.4, -0.2) is 20.3 Å². The fourth-order valence-electron chi connectivity index (χ4n) is 1.74. The summed E-state index contributed by atoms with van der Waals surface area (Å²) in [5.74, 6) is 1.65. The van der Waals surface area contributed by atoms with Crippen molar-refractivity contribution in [3.63, 3.8) is 0 Å². The Morgan fingerprint density at radius 2 is 1.94 bits per heavy atom. The number of para-hydroxylation sites is 1. The Morgan fingerprint density at radius 1 is 1.22 bits per heavy atom. The number of ether oxygens (including phenoxy) is 2. The topological polar surface area (TPSA) is 30.5 Å². The van der Waals surface area contributed by atoms with Crippen molar-refractivity contribution in [2.75, 3.05) is 20.3 Å². The maximum atomic E-state index is 5.68. The van der Waals surface area contributed by atoms with Crippen LogP contribution >= 0.6 is 0 Å². The van der Waals surface area contributed by atoms with E-state index in [2.05, 4.69) is 32.2 Å². The molecule has 0 fully saturated rings. The lowest BCUT2D eigenvalue weighted by molar-refractivity contribution is 0.305. The standard InChI is InChI=1S/C15H25NO2/c1-6-18-14-12(8-7-9-13(14)17-5)10-16-11-15(2,3)4/h7-9,16H,6,10-11H2,1-5H3. The SMILES string of the molecule is CCOc1c(CNCC(C)(C)C)cccc1OC. The van der Waals surface area contributed by atoms with Gasteiger partial charge in [0.05, 0.1) is 13.7 Å². The lowest BCUT2D eigenvalue weighted by Gasteiger charge is -2.20. The first-order chi connectivity index (χ1) is 8.48. The van der Waals surface area contributed by atoms with Gasteiger partial charge < -0.3 is 14.8 Å². The zero-order chi connectivity index (χ0) is 13.6. The van der Waals surface area contributed by atoms with Gasteiger partial charge >= 0.3 is 0 Å². The summed E-state index contributed by atoms with van der Waals surface area (Å²) in [7, 11) is 1.67. The summed E-state index contributed by atoms with van der Waals surface area (Å²) in [5, 5.41) is 3.46. The molecule has 0 unspecified atom stereocenters. The molecule has 0 spiro atoms. The Labute approximate surface area is 110 Å². The van der Waals surface area contributed by atoms with Gasteiger partial charge in [0.2, 0.25) is 0 Å². The highest BCUT2D eigenvalue weighted by atomic mass is 16.5. The molecular formula is C15H25NO2. The van der Waals surface area contributed by atoms with E-state index < -0.39 is 0 Å². The summed E-state index contributed by atoms with van der Waals surface area (Å²) >= 11 is 0. The maximum Gasteiger partial charge on any atom is 0.165 e. The molecule has 0 amide bonds. The van der Waals surface area contributed by atoms with Gasteiger partial charge in [-0.25, -0.2) is 0 Å². The molecule has 0 aliphatic rings. The number of methoxy groups -OCH3 is 1. The Hall–Kier alpha value is -1.22. The monoisotopic (exact) mass is 251 g/mol. The second kappa shape index (κ2) is 6.64. The van der Waals surface area contributed by atoms with Crippen LogP contribution in [0.25, 0.3) is 0 Å². The van der Waals surface area contributed by atoms with Crippen molar-refractivity contribution < 1.29 is 9.47 Å². The minimum atomic E-state index is 0.282. The first kappa shape index (κ1) is 14.8. The van der Waals surface area contributed by atoms with Crippen molar-refractivity contribution in [3.8, 4) is 11.5 Å². The predicted octanol–water partition coefficient (Wildman–Crippen LogP) is 3.23. The van der Waals surface area contributed by atoms with Crippen molar-refractivity contribution in [2.45, 2.75) is 34.2 Å². The van der Waals surface area contributed by atoms with Crippen LogP contribution in [-0.2, 0) is 6.54 Å². The van der Waals surface area contributed by atoms with Gasteiger partial charge in [0.15, 0.2) is 11.5 Å². The van der Waals surface area contributed by atoms with Gasteiger partial charge in [-0.1, -0.05) is 32.9 Å². The zero-order valence-corrected chi connectivity index (χ0v) is 12.2. The molecule has 0 radical (unpaired) electrons. The minimum absolute atomic E-state index is 0.282. The fourth-order valence-corrected chi connectivity index (χ4v) is 1.74. The first-order valence-electron chi connectivity index (χ1n) is 6.47. The number of rotatable bonds is 6. The van der Waals surface area contributed by atoms with Gasteiger partial charge in [-0.05, 0) is 18.4 Å². The second-order valence-corrected chi connectivity index (χ2v) is 5.55.